The van der Waals surface area contributed by atoms with Gasteiger partial charge in [0.25, 0.3) is 5.91 Å². The summed E-state index contributed by atoms with van der Waals surface area (Å²) in [6.07, 6.45) is 0. The molecule has 22 heavy (non-hydrogen) atoms. The molecule has 120 valence electrons. The first-order chi connectivity index (χ1) is 10.4. The Labute approximate surface area is 130 Å². The lowest BCUT2D eigenvalue weighted by Gasteiger charge is -2.38. The number of benzene rings is 1. The van der Waals surface area contributed by atoms with Crippen LogP contribution in [0.5, 0.6) is 0 Å². The van der Waals surface area contributed by atoms with Crippen LogP contribution in [-0.2, 0) is 4.79 Å². The van der Waals surface area contributed by atoms with Gasteiger partial charge in [-0.15, -0.1) is 0 Å². The predicted molar refractivity (Wildman–Crippen MR) is 82.5 cm³/mol. The molecule has 6 nitrogen and oxygen atoms in total. The summed E-state index contributed by atoms with van der Waals surface area (Å²) in [5, 5.41) is 8.77. The maximum Gasteiger partial charge on any atom is 0.253 e. The third-order valence-corrected chi connectivity index (χ3v) is 4.02. The minimum atomic E-state index is -0.666. The van der Waals surface area contributed by atoms with Crippen LogP contribution in [0.25, 0.3) is 0 Å². The first kappa shape index (κ1) is 16.5. The van der Waals surface area contributed by atoms with E-state index in [4.69, 9.17) is 5.21 Å². The fraction of sp³-hybridized carbons (Fsp3) is 0.500. The Morgan fingerprint density at radius 2 is 1.73 bits per heavy atom. The van der Waals surface area contributed by atoms with Gasteiger partial charge in [-0.3, -0.25) is 19.7 Å². The van der Waals surface area contributed by atoms with Gasteiger partial charge in [0, 0.05) is 38.3 Å². The van der Waals surface area contributed by atoms with Gasteiger partial charge in [0.2, 0.25) is 5.91 Å². The van der Waals surface area contributed by atoms with Crippen LogP contribution in [0.2, 0.25) is 0 Å². The van der Waals surface area contributed by atoms with E-state index < -0.39 is 11.3 Å². The van der Waals surface area contributed by atoms with E-state index in [9.17, 15) is 9.59 Å². The zero-order valence-corrected chi connectivity index (χ0v) is 13.1. The molecule has 0 aliphatic carbocycles. The van der Waals surface area contributed by atoms with Crippen LogP contribution in [0.1, 0.15) is 24.2 Å². The number of rotatable bonds is 4. The summed E-state index contributed by atoms with van der Waals surface area (Å²) in [5.41, 5.74) is 1.75. The van der Waals surface area contributed by atoms with E-state index in [0.717, 1.165) is 13.1 Å². The van der Waals surface area contributed by atoms with Crippen LogP contribution in [-0.4, -0.2) is 59.5 Å². The van der Waals surface area contributed by atoms with E-state index in [1.807, 2.05) is 35.2 Å². The molecule has 1 heterocycles. The summed E-state index contributed by atoms with van der Waals surface area (Å²) in [4.78, 5) is 28.0. The minimum Gasteiger partial charge on any atom is -0.336 e. The molecular formula is C16H23N3O3. The average molecular weight is 305 g/mol. The van der Waals surface area contributed by atoms with Gasteiger partial charge in [-0.2, -0.15) is 0 Å². The zero-order valence-electron chi connectivity index (χ0n) is 13.1. The molecule has 0 aromatic heterocycles. The van der Waals surface area contributed by atoms with Crippen molar-refractivity contribution in [2.24, 2.45) is 5.41 Å². The van der Waals surface area contributed by atoms with Crippen LogP contribution >= 0.6 is 0 Å². The molecule has 1 aliphatic rings. The summed E-state index contributed by atoms with van der Waals surface area (Å²) in [6, 6.07) is 9.26. The molecule has 0 bridgehead atoms. The second kappa shape index (κ2) is 6.89. The van der Waals surface area contributed by atoms with Crippen LogP contribution in [0.4, 0.5) is 0 Å². The lowest BCUT2D eigenvalue weighted by atomic mass is 9.91. The van der Waals surface area contributed by atoms with E-state index in [0.29, 0.717) is 25.2 Å². The van der Waals surface area contributed by atoms with E-state index >= 15 is 0 Å². The summed E-state index contributed by atoms with van der Waals surface area (Å²) in [7, 11) is 0. The molecule has 1 aromatic carbocycles. The first-order valence-electron chi connectivity index (χ1n) is 7.45. The molecular weight excluding hydrogens is 282 g/mol. The van der Waals surface area contributed by atoms with Crippen LogP contribution in [0.15, 0.2) is 30.3 Å². The Balaban J connectivity index is 1.88. The molecule has 0 atom stereocenters. The van der Waals surface area contributed by atoms with Crippen molar-refractivity contribution in [2.45, 2.75) is 13.8 Å². The molecule has 1 aliphatic heterocycles. The standard InChI is InChI=1S/C16H23N3O3/c1-16(2,15(21)17-22)12-18-8-10-19(11-9-18)14(20)13-6-4-3-5-7-13/h3-7,22H,8-12H2,1-2H3,(H,17,21). The fourth-order valence-electron chi connectivity index (χ4n) is 2.65. The SMILES string of the molecule is CC(C)(CN1CCN(C(=O)c2ccccc2)CC1)C(=O)NO. The van der Waals surface area contributed by atoms with E-state index in [1.165, 1.54) is 0 Å². The van der Waals surface area contributed by atoms with Crippen molar-refractivity contribution in [1.29, 1.82) is 0 Å². The fourth-order valence-corrected chi connectivity index (χ4v) is 2.65. The number of nitrogens with one attached hydrogen (secondary N) is 1. The van der Waals surface area contributed by atoms with Crippen molar-refractivity contribution >= 4 is 11.8 Å². The Hall–Kier alpha value is -1.92. The van der Waals surface area contributed by atoms with Crippen LogP contribution in [0.3, 0.4) is 0 Å². The molecule has 2 amide bonds. The number of piperazine rings is 1. The maximum absolute atomic E-state index is 12.4. The number of carbonyl (C=O) groups is 2. The molecule has 0 radical (unpaired) electrons. The smallest absolute Gasteiger partial charge is 0.253 e. The van der Waals surface area contributed by atoms with Crippen molar-refractivity contribution in [2.75, 3.05) is 32.7 Å². The lowest BCUT2D eigenvalue weighted by molar-refractivity contribution is -0.139. The van der Waals surface area contributed by atoms with E-state index in [2.05, 4.69) is 4.90 Å². The van der Waals surface area contributed by atoms with Gasteiger partial charge in [0.05, 0.1) is 5.41 Å². The highest BCUT2D eigenvalue weighted by Gasteiger charge is 2.32. The van der Waals surface area contributed by atoms with Crippen LogP contribution < -0.4 is 5.48 Å². The quantitative estimate of drug-likeness (QED) is 0.642. The molecule has 0 spiro atoms. The third-order valence-electron chi connectivity index (χ3n) is 4.02. The topological polar surface area (TPSA) is 72.9 Å². The highest BCUT2D eigenvalue weighted by atomic mass is 16.5. The summed E-state index contributed by atoms with van der Waals surface area (Å²) >= 11 is 0. The summed E-state index contributed by atoms with van der Waals surface area (Å²) in [5.74, 6) is -0.345. The van der Waals surface area contributed by atoms with Crippen molar-refractivity contribution in [3.05, 3.63) is 35.9 Å². The highest BCUT2D eigenvalue weighted by Crippen LogP contribution is 2.18. The number of amides is 2. The van der Waals surface area contributed by atoms with Crippen molar-refractivity contribution < 1.29 is 14.8 Å². The average Bonchev–Trinajstić information content (AvgIpc) is 2.54. The van der Waals surface area contributed by atoms with Gasteiger partial charge < -0.3 is 4.90 Å². The van der Waals surface area contributed by atoms with Crippen molar-refractivity contribution in [3.8, 4) is 0 Å². The lowest BCUT2D eigenvalue weighted by Crippen LogP contribution is -2.52. The number of hydrogen-bond acceptors (Lipinski definition) is 4. The minimum absolute atomic E-state index is 0.0487. The van der Waals surface area contributed by atoms with Gasteiger partial charge in [0.15, 0.2) is 0 Å². The zero-order chi connectivity index (χ0) is 16.2. The number of nitrogens with zero attached hydrogens (tertiary/aromatic N) is 2. The molecule has 1 aromatic rings. The third kappa shape index (κ3) is 3.84. The molecule has 1 fully saturated rings. The molecule has 0 saturated carbocycles. The van der Waals surface area contributed by atoms with Crippen molar-refractivity contribution in [3.63, 3.8) is 0 Å². The molecule has 6 heteroatoms. The second-order valence-corrected chi connectivity index (χ2v) is 6.26. The Kier molecular flexibility index (Phi) is 5.15. The Bertz CT molecular complexity index is 523. The number of carbonyl (C=O) groups excluding carboxylic acids is 2. The highest BCUT2D eigenvalue weighted by molar-refractivity contribution is 5.94. The number of hydroxylamine groups is 1. The van der Waals surface area contributed by atoms with E-state index in [-0.39, 0.29) is 5.91 Å². The second-order valence-electron chi connectivity index (χ2n) is 6.26. The molecule has 2 rings (SSSR count). The van der Waals surface area contributed by atoms with Crippen molar-refractivity contribution in [1.82, 2.24) is 15.3 Å². The first-order valence-corrected chi connectivity index (χ1v) is 7.45. The molecule has 1 saturated heterocycles. The van der Waals surface area contributed by atoms with E-state index in [1.54, 1.807) is 19.3 Å². The maximum atomic E-state index is 12.4. The Morgan fingerprint density at radius 3 is 2.27 bits per heavy atom. The summed E-state index contributed by atoms with van der Waals surface area (Å²) < 4.78 is 0. The van der Waals surface area contributed by atoms with Gasteiger partial charge in [-0.25, -0.2) is 5.48 Å². The largest absolute Gasteiger partial charge is 0.336 e. The predicted octanol–water partition coefficient (Wildman–Crippen LogP) is 0.976. The van der Waals surface area contributed by atoms with Gasteiger partial charge in [-0.1, -0.05) is 18.2 Å². The van der Waals surface area contributed by atoms with Crippen LogP contribution in [0, 0.1) is 5.41 Å². The summed E-state index contributed by atoms with van der Waals surface area (Å²) in [6.45, 7) is 6.86. The monoisotopic (exact) mass is 305 g/mol. The van der Waals surface area contributed by atoms with Gasteiger partial charge in [-0.05, 0) is 26.0 Å². The van der Waals surface area contributed by atoms with Gasteiger partial charge >= 0.3 is 0 Å². The normalized spacial score (nSPS) is 16.4. The van der Waals surface area contributed by atoms with Gasteiger partial charge in [0.1, 0.15) is 0 Å². The Morgan fingerprint density at radius 1 is 1.14 bits per heavy atom. The molecule has 0 unspecified atom stereocenters. The molecule has 2 N–H and O–H groups in total. The number of hydrogen-bond donors (Lipinski definition) is 2.